The molecule has 16 heavy (non-hydrogen) atoms. The molecule has 5 nitrogen and oxygen atoms in total. The lowest BCUT2D eigenvalue weighted by Crippen LogP contribution is -2.38. The number of aryl methyl sites for hydroxylation is 2. The van der Waals surface area contributed by atoms with Crippen molar-refractivity contribution in [1.29, 1.82) is 0 Å². The van der Waals surface area contributed by atoms with Crippen LogP contribution in [0.5, 0.6) is 0 Å². The molecule has 0 bridgehead atoms. The van der Waals surface area contributed by atoms with E-state index in [9.17, 15) is 4.79 Å². The highest BCUT2D eigenvalue weighted by atomic mass is 16.2. The molecular weight excluding hydrogens is 204 g/mol. The van der Waals surface area contributed by atoms with Gasteiger partial charge >= 0.3 is 0 Å². The highest BCUT2D eigenvalue weighted by Gasteiger charge is 2.28. The van der Waals surface area contributed by atoms with Gasteiger partial charge in [-0.15, -0.1) is 0 Å². The molecule has 2 rings (SSSR count). The highest BCUT2D eigenvalue weighted by Crippen LogP contribution is 2.31. The molecule has 1 amide bonds. The molecule has 1 aliphatic heterocycles. The van der Waals surface area contributed by atoms with Crippen molar-refractivity contribution >= 4 is 17.4 Å². The third-order valence-corrected chi connectivity index (χ3v) is 2.89. The van der Waals surface area contributed by atoms with Crippen LogP contribution in [0.4, 0.5) is 11.5 Å². The number of nitrogens with one attached hydrogen (secondary N) is 2. The number of aromatic nitrogens is 2. The molecule has 0 aliphatic carbocycles. The van der Waals surface area contributed by atoms with Crippen LogP contribution < -0.4 is 10.6 Å². The fraction of sp³-hybridized carbons (Fsp3) is 0.636. The predicted octanol–water partition coefficient (Wildman–Crippen LogP) is 1.52. The number of amides is 1. The second kappa shape index (κ2) is 4.15. The van der Waals surface area contributed by atoms with Gasteiger partial charge in [0.25, 0.3) is 0 Å². The van der Waals surface area contributed by atoms with E-state index >= 15 is 0 Å². The van der Waals surface area contributed by atoms with Gasteiger partial charge in [0.05, 0.1) is 5.69 Å². The zero-order chi connectivity index (χ0) is 11.7. The van der Waals surface area contributed by atoms with Crippen LogP contribution >= 0.6 is 0 Å². The van der Waals surface area contributed by atoms with E-state index in [0.29, 0.717) is 0 Å². The molecule has 2 heterocycles. The second-order valence-electron chi connectivity index (χ2n) is 4.14. The Labute approximate surface area is 95.2 Å². The summed E-state index contributed by atoms with van der Waals surface area (Å²) in [6.45, 7) is 4.10. The Morgan fingerprint density at radius 1 is 1.44 bits per heavy atom. The molecule has 1 unspecified atom stereocenters. The maximum Gasteiger partial charge on any atom is 0.247 e. The van der Waals surface area contributed by atoms with Gasteiger partial charge in [0, 0.05) is 7.05 Å². The van der Waals surface area contributed by atoms with Crippen LogP contribution in [0.3, 0.4) is 0 Å². The monoisotopic (exact) mass is 222 g/mol. The van der Waals surface area contributed by atoms with Gasteiger partial charge in [0.15, 0.2) is 0 Å². The molecular formula is C11H18N4O. The summed E-state index contributed by atoms with van der Waals surface area (Å²) >= 11 is 0. The van der Waals surface area contributed by atoms with Gasteiger partial charge in [0.1, 0.15) is 17.5 Å². The van der Waals surface area contributed by atoms with Crippen molar-refractivity contribution in [3.05, 3.63) is 5.69 Å². The van der Waals surface area contributed by atoms with Crippen molar-refractivity contribution in [1.82, 2.24) is 9.78 Å². The average Bonchev–Trinajstić information content (AvgIpc) is 2.55. The first kappa shape index (κ1) is 11.0. The third kappa shape index (κ3) is 1.66. The van der Waals surface area contributed by atoms with Crippen molar-refractivity contribution in [2.24, 2.45) is 7.05 Å². The minimum atomic E-state index is -0.141. The molecule has 0 fully saturated rings. The van der Waals surface area contributed by atoms with Gasteiger partial charge in [-0.2, -0.15) is 5.10 Å². The van der Waals surface area contributed by atoms with E-state index in [1.165, 1.54) is 0 Å². The topological polar surface area (TPSA) is 59.0 Å². The summed E-state index contributed by atoms with van der Waals surface area (Å²) in [4.78, 5) is 11.7. The summed E-state index contributed by atoms with van der Waals surface area (Å²) in [5, 5.41) is 10.6. The molecule has 0 saturated carbocycles. The lowest BCUT2D eigenvalue weighted by molar-refractivity contribution is -0.117. The van der Waals surface area contributed by atoms with E-state index in [2.05, 4.69) is 22.7 Å². The number of carbonyl (C=O) groups excluding carboxylic acids is 1. The lowest BCUT2D eigenvalue weighted by Gasteiger charge is -2.24. The summed E-state index contributed by atoms with van der Waals surface area (Å²) in [5.74, 6) is 0.968. The van der Waals surface area contributed by atoms with Gasteiger partial charge in [-0.3, -0.25) is 9.48 Å². The largest absolute Gasteiger partial charge is 0.357 e. The van der Waals surface area contributed by atoms with Crippen molar-refractivity contribution in [3.8, 4) is 0 Å². The first-order chi connectivity index (χ1) is 7.67. The zero-order valence-electron chi connectivity index (χ0n) is 10.0. The van der Waals surface area contributed by atoms with Crippen LogP contribution in [0.1, 0.15) is 32.4 Å². The number of hydrogen-bond donors (Lipinski definition) is 2. The molecule has 1 atom stereocenters. The highest BCUT2D eigenvalue weighted by molar-refractivity contribution is 6.02. The van der Waals surface area contributed by atoms with E-state index in [-0.39, 0.29) is 11.9 Å². The molecule has 1 aromatic heterocycles. The first-order valence-electron chi connectivity index (χ1n) is 5.80. The van der Waals surface area contributed by atoms with E-state index in [0.717, 1.165) is 36.5 Å². The molecule has 88 valence electrons. The van der Waals surface area contributed by atoms with E-state index in [1.807, 2.05) is 18.7 Å². The SMILES string of the molecule is CCCc1nn(C)c2c1NC(=O)C(CC)N2. The van der Waals surface area contributed by atoms with Crippen LogP contribution in [0.15, 0.2) is 0 Å². The Morgan fingerprint density at radius 2 is 2.19 bits per heavy atom. The first-order valence-corrected chi connectivity index (χ1v) is 5.80. The van der Waals surface area contributed by atoms with Crippen molar-refractivity contribution in [3.63, 3.8) is 0 Å². The number of nitrogens with zero attached hydrogens (tertiary/aromatic N) is 2. The van der Waals surface area contributed by atoms with Crippen molar-refractivity contribution in [2.45, 2.75) is 39.2 Å². The predicted molar refractivity (Wildman–Crippen MR) is 63.5 cm³/mol. The molecule has 1 aliphatic rings. The van der Waals surface area contributed by atoms with Crippen LogP contribution in [-0.2, 0) is 18.3 Å². The molecule has 0 aromatic carbocycles. The van der Waals surface area contributed by atoms with Gasteiger partial charge in [-0.05, 0) is 12.8 Å². The molecule has 2 N–H and O–H groups in total. The van der Waals surface area contributed by atoms with Gasteiger partial charge in [-0.1, -0.05) is 20.3 Å². The fourth-order valence-corrected chi connectivity index (χ4v) is 2.02. The summed E-state index contributed by atoms with van der Waals surface area (Å²) in [6, 6.07) is -0.141. The summed E-state index contributed by atoms with van der Waals surface area (Å²) in [6.07, 6.45) is 2.69. The summed E-state index contributed by atoms with van der Waals surface area (Å²) in [7, 11) is 1.90. The fourth-order valence-electron chi connectivity index (χ4n) is 2.02. The molecule has 5 heteroatoms. The Kier molecular flexibility index (Phi) is 2.85. The lowest BCUT2D eigenvalue weighted by atomic mass is 10.1. The van der Waals surface area contributed by atoms with E-state index < -0.39 is 0 Å². The molecule has 0 spiro atoms. The van der Waals surface area contributed by atoms with Crippen LogP contribution in [0.25, 0.3) is 0 Å². The maximum absolute atomic E-state index is 11.7. The standard InChI is InChI=1S/C11H18N4O/c1-4-6-8-9-10(15(3)14-8)12-7(5-2)11(16)13-9/h7,12H,4-6H2,1-3H3,(H,13,16). The van der Waals surface area contributed by atoms with E-state index in [4.69, 9.17) is 0 Å². The Hall–Kier alpha value is -1.52. The second-order valence-corrected chi connectivity index (χ2v) is 4.14. The summed E-state index contributed by atoms with van der Waals surface area (Å²) < 4.78 is 1.81. The minimum absolute atomic E-state index is 0.0420. The van der Waals surface area contributed by atoms with E-state index in [1.54, 1.807) is 0 Å². The Bertz CT molecular complexity index is 410. The number of anilines is 2. The Morgan fingerprint density at radius 3 is 2.81 bits per heavy atom. The molecule has 1 aromatic rings. The minimum Gasteiger partial charge on any atom is -0.357 e. The molecule has 0 radical (unpaired) electrons. The van der Waals surface area contributed by atoms with Gasteiger partial charge in [-0.25, -0.2) is 0 Å². The number of carbonyl (C=O) groups is 1. The van der Waals surface area contributed by atoms with Crippen LogP contribution in [0, 0.1) is 0 Å². The normalized spacial score (nSPS) is 18.9. The average molecular weight is 222 g/mol. The number of hydrogen-bond acceptors (Lipinski definition) is 3. The zero-order valence-corrected chi connectivity index (χ0v) is 10.0. The van der Waals surface area contributed by atoms with Crippen LogP contribution in [0.2, 0.25) is 0 Å². The number of rotatable bonds is 3. The molecule has 0 saturated heterocycles. The van der Waals surface area contributed by atoms with Gasteiger partial charge in [0.2, 0.25) is 5.91 Å². The van der Waals surface area contributed by atoms with Crippen molar-refractivity contribution in [2.75, 3.05) is 10.6 Å². The van der Waals surface area contributed by atoms with Crippen molar-refractivity contribution < 1.29 is 4.79 Å². The quantitative estimate of drug-likeness (QED) is 0.815. The number of fused-ring (bicyclic) bond motifs is 1. The summed E-state index contributed by atoms with van der Waals surface area (Å²) in [5.41, 5.74) is 1.83. The third-order valence-electron chi connectivity index (χ3n) is 2.89. The van der Waals surface area contributed by atoms with Crippen LogP contribution in [-0.4, -0.2) is 21.7 Å². The van der Waals surface area contributed by atoms with Gasteiger partial charge < -0.3 is 10.6 Å². The maximum atomic E-state index is 11.7. The Balaban J connectivity index is 2.36. The smallest absolute Gasteiger partial charge is 0.247 e.